The lowest BCUT2D eigenvalue weighted by Crippen LogP contribution is -2.35. The molecule has 0 bridgehead atoms. The van der Waals surface area contributed by atoms with Gasteiger partial charge in [-0.25, -0.2) is 4.98 Å². The first-order valence-electron chi connectivity index (χ1n) is 6.67. The Hall–Kier alpha value is -2.17. The van der Waals surface area contributed by atoms with Crippen LogP contribution in [-0.2, 0) is 19.3 Å². The molecule has 4 heterocycles. The van der Waals surface area contributed by atoms with Crippen molar-refractivity contribution in [2.75, 3.05) is 11.4 Å². The van der Waals surface area contributed by atoms with Crippen LogP contribution in [0.5, 0.6) is 0 Å². The van der Waals surface area contributed by atoms with E-state index in [1.165, 1.54) is 0 Å². The Morgan fingerprint density at radius 1 is 1.17 bits per heavy atom. The molecule has 0 aliphatic carbocycles. The Morgan fingerprint density at radius 3 is 2.78 bits per heavy atom. The van der Waals surface area contributed by atoms with Crippen molar-refractivity contribution in [3.63, 3.8) is 0 Å². The van der Waals surface area contributed by atoms with E-state index in [0.717, 1.165) is 10.1 Å². The molecule has 3 aromatic rings. The third kappa shape index (κ3) is 2.26. The van der Waals surface area contributed by atoms with Crippen molar-refractivity contribution in [1.82, 2.24) is 29.1 Å². The van der Waals surface area contributed by atoms with E-state index < -0.39 is 12.0 Å². The van der Waals surface area contributed by atoms with Crippen LogP contribution in [0.4, 0.5) is 19.0 Å². The predicted molar refractivity (Wildman–Crippen MR) is 76.8 cm³/mol. The quantitative estimate of drug-likeness (QED) is 0.639. The van der Waals surface area contributed by atoms with Gasteiger partial charge in [0, 0.05) is 25.5 Å². The minimum absolute atomic E-state index is 0.147. The molecule has 0 amide bonds. The second-order valence-corrected chi connectivity index (χ2v) is 5.76. The van der Waals surface area contributed by atoms with E-state index in [2.05, 4.69) is 36.1 Å². The van der Waals surface area contributed by atoms with Gasteiger partial charge in [-0.1, -0.05) is 0 Å². The zero-order valence-electron chi connectivity index (χ0n) is 11.5. The first kappa shape index (κ1) is 14.4. The molecule has 0 aromatic carbocycles. The first-order chi connectivity index (χ1) is 10.9. The van der Waals surface area contributed by atoms with Crippen LogP contribution in [0.25, 0.3) is 5.52 Å². The topological polar surface area (TPSA) is 64.1 Å². The van der Waals surface area contributed by atoms with Gasteiger partial charge in [-0.15, -0.1) is 10.2 Å². The van der Waals surface area contributed by atoms with Gasteiger partial charge >= 0.3 is 6.18 Å². The molecule has 0 fully saturated rings. The molecule has 0 saturated carbocycles. The number of hydrogen-bond donors (Lipinski definition) is 0. The maximum Gasteiger partial charge on any atom is 0.451 e. The predicted octanol–water partition coefficient (Wildman–Crippen LogP) is 2.12. The number of hydrogen-bond acceptors (Lipinski definition) is 5. The van der Waals surface area contributed by atoms with Crippen molar-refractivity contribution in [1.29, 1.82) is 0 Å². The van der Waals surface area contributed by atoms with Crippen LogP contribution in [0.3, 0.4) is 0 Å². The van der Waals surface area contributed by atoms with Gasteiger partial charge < -0.3 is 9.47 Å². The number of anilines is 1. The highest BCUT2D eigenvalue weighted by Crippen LogP contribution is 2.31. The molecule has 0 saturated heterocycles. The van der Waals surface area contributed by atoms with E-state index in [1.54, 1.807) is 18.6 Å². The number of fused-ring (bicyclic) bond motifs is 2. The molecule has 7 nitrogen and oxygen atoms in total. The van der Waals surface area contributed by atoms with Gasteiger partial charge in [0.15, 0.2) is 16.4 Å². The van der Waals surface area contributed by atoms with Crippen LogP contribution in [0, 0.1) is 0 Å². The number of halogens is 4. The Balaban J connectivity index is 1.72. The fourth-order valence-corrected chi connectivity index (χ4v) is 3.14. The van der Waals surface area contributed by atoms with E-state index in [0.29, 0.717) is 17.1 Å². The minimum Gasteiger partial charge on any atom is -0.345 e. The Labute approximate surface area is 135 Å². The Morgan fingerprint density at radius 2 is 2.00 bits per heavy atom. The minimum atomic E-state index is -4.50. The molecular formula is C12H9BrF3N7. The zero-order valence-corrected chi connectivity index (χ0v) is 13.1. The first-order valence-corrected chi connectivity index (χ1v) is 7.46. The standard InChI is InChI=1S/C12H9BrF3N7/c13-11-18-9(7-5-17-1-2-22(7)11)21-3-4-23-8(6-21)19-20-10(23)12(14,15)16/h1-2,5H,3-4,6H2. The number of nitrogens with zero attached hydrogens (tertiary/aromatic N) is 7. The van der Waals surface area contributed by atoms with Gasteiger partial charge in [-0.3, -0.25) is 9.38 Å². The van der Waals surface area contributed by atoms with Crippen LogP contribution in [0.1, 0.15) is 11.6 Å². The highest BCUT2D eigenvalue weighted by Gasteiger charge is 2.39. The fourth-order valence-electron chi connectivity index (χ4n) is 2.67. The maximum absolute atomic E-state index is 12.9. The normalized spacial score (nSPS) is 15.2. The van der Waals surface area contributed by atoms with Crippen LogP contribution >= 0.6 is 15.9 Å². The summed E-state index contributed by atoms with van der Waals surface area (Å²) < 4.78 is 42.1. The summed E-state index contributed by atoms with van der Waals surface area (Å²) in [6.45, 7) is 0.729. The number of imidazole rings is 1. The maximum atomic E-state index is 12.9. The SMILES string of the molecule is FC(F)(F)c1nnc2n1CCN(c1nc(Br)n3ccncc13)C2. The second kappa shape index (κ2) is 4.91. The van der Waals surface area contributed by atoms with Gasteiger partial charge in [0.2, 0.25) is 5.82 Å². The summed E-state index contributed by atoms with van der Waals surface area (Å²) in [6, 6.07) is 0. The molecule has 23 heavy (non-hydrogen) atoms. The second-order valence-electron chi connectivity index (χ2n) is 5.05. The molecule has 1 aliphatic heterocycles. The molecule has 0 radical (unpaired) electrons. The van der Waals surface area contributed by atoms with Crippen molar-refractivity contribution < 1.29 is 13.2 Å². The summed E-state index contributed by atoms with van der Waals surface area (Å²) in [4.78, 5) is 10.4. The molecule has 1 aliphatic rings. The van der Waals surface area contributed by atoms with E-state index >= 15 is 0 Å². The van der Waals surface area contributed by atoms with Gasteiger partial charge in [0.05, 0.1) is 12.7 Å². The largest absolute Gasteiger partial charge is 0.451 e. The summed E-state index contributed by atoms with van der Waals surface area (Å²) in [5.74, 6) is -0.0396. The van der Waals surface area contributed by atoms with Crippen molar-refractivity contribution >= 4 is 27.3 Å². The summed E-state index contributed by atoms with van der Waals surface area (Å²) in [7, 11) is 0. The summed E-state index contributed by atoms with van der Waals surface area (Å²) in [5, 5.41) is 6.95. The smallest absolute Gasteiger partial charge is 0.345 e. The average molecular weight is 388 g/mol. The van der Waals surface area contributed by atoms with E-state index in [4.69, 9.17) is 0 Å². The third-order valence-corrected chi connectivity index (χ3v) is 4.25. The van der Waals surface area contributed by atoms with Crippen LogP contribution in [0.15, 0.2) is 23.3 Å². The molecule has 0 unspecified atom stereocenters. The third-order valence-electron chi connectivity index (χ3n) is 3.69. The molecule has 0 spiro atoms. The van der Waals surface area contributed by atoms with Crippen molar-refractivity contribution in [2.45, 2.75) is 19.3 Å². The zero-order chi connectivity index (χ0) is 16.2. The monoisotopic (exact) mass is 387 g/mol. The lowest BCUT2D eigenvalue weighted by atomic mass is 10.3. The van der Waals surface area contributed by atoms with Gasteiger partial charge in [0.25, 0.3) is 0 Å². The van der Waals surface area contributed by atoms with E-state index in [1.807, 2.05) is 9.30 Å². The van der Waals surface area contributed by atoms with Crippen molar-refractivity contribution in [3.05, 3.63) is 35.0 Å². The molecule has 0 atom stereocenters. The fraction of sp³-hybridized carbons (Fsp3) is 0.333. The number of aromatic nitrogens is 6. The highest BCUT2D eigenvalue weighted by molar-refractivity contribution is 9.10. The molecule has 11 heteroatoms. The van der Waals surface area contributed by atoms with Crippen molar-refractivity contribution in [3.8, 4) is 0 Å². The van der Waals surface area contributed by atoms with Crippen LogP contribution in [0.2, 0.25) is 0 Å². The van der Waals surface area contributed by atoms with Crippen LogP contribution < -0.4 is 4.90 Å². The number of alkyl halides is 3. The van der Waals surface area contributed by atoms with E-state index in [9.17, 15) is 13.2 Å². The molecule has 4 rings (SSSR count). The van der Waals surface area contributed by atoms with Crippen molar-refractivity contribution in [2.24, 2.45) is 0 Å². The summed E-state index contributed by atoms with van der Waals surface area (Å²) >= 11 is 3.36. The van der Waals surface area contributed by atoms with Gasteiger partial charge in [-0.2, -0.15) is 13.2 Å². The molecular weight excluding hydrogens is 379 g/mol. The van der Waals surface area contributed by atoms with Crippen LogP contribution in [-0.4, -0.2) is 35.7 Å². The summed E-state index contributed by atoms with van der Waals surface area (Å²) in [6.07, 6.45) is 0.546. The lowest BCUT2D eigenvalue weighted by molar-refractivity contribution is -0.147. The lowest BCUT2D eigenvalue weighted by Gasteiger charge is -2.28. The Kier molecular flexibility index (Phi) is 3.08. The summed E-state index contributed by atoms with van der Waals surface area (Å²) in [5.41, 5.74) is 0.767. The molecule has 0 N–H and O–H groups in total. The Bertz CT molecular complexity index is 885. The molecule has 3 aromatic heterocycles. The van der Waals surface area contributed by atoms with Gasteiger partial charge in [0.1, 0.15) is 5.52 Å². The number of rotatable bonds is 1. The van der Waals surface area contributed by atoms with Gasteiger partial charge in [-0.05, 0) is 15.9 Å². The highest BCUT2D eigenvalue weighted by atomic mass is 79.9. The average Bonchev–Trinajstić information content (AvgIpc) is 3.08. The van der Waals surface area contributed by atoms with E-state index in [-0.39, 0.29) is 18.9 Å². The molecule has 120 valence electrons.